The molecule has 2 aliphatic heterocycles. The molecule has 1 saturated carbocycles. The number of anilines is 1. The highest BCUT2D eigenvalue weighted by Crippen LogP contribution is 2.46. The van der Waals surface area contributed by atoms with Crippen molar-refractivity contribution in [2.24, 2.45) is 5.92 Å². The molecule has 1 aliphatic carbocycles. The van der Waals surface area contributed by atoms with Gasteiger partial charge in [-0.25, -0.2) is 9.97 Å². The highest BCUT2D eigenvalue weighted by Gasteiger charge is 2.53. The number of nitrogens with zero attached hydrogens (tertiary/aromatic N) is 3. The lowest BCUT2D eigenvalue weighted by atomic mass is 9.80. The highest BCUT2D eigenvalue weighted by molar-refractivity contribution is 6.41. The maximum Gasteiger partial charge on any atom is 0.246 e. The highest BCUT2D eigenvalue weighted by atomic mass is 35.5. The van der Waals surface area contributed by atoms with E-state index < -0.39 is 0 Å². The van der Waals surface area contributed by atoms with Crippen LogP contribution in [0.2, 0.25) is 10.0 Å². The smallest absolute Gasteiger partial charge is 0.246 e. The van der Waals surface area contributed by atoms with Crippen molar-refractivity contribution in [2.45, 2.75) is 18.5 Å². The quantitative estimate of drug-likeness (QED) is 0.505. The van der Waals surface area contributed by atoms with Crippen LogP contribution in [0.25, 0.3) is 22.0 Å². The summed E-state index contributed by atoms with van der Waals surface area (Å²) < 4.78 is 10.8. The SMILES string of the molecule is C=CC(=O)N1CC2C[C@H]1[C@@H]2Nc1ncc2cc(-c3c(Cl)c(OC)cc(OC)c3Cl)ccc2n1. The summed E-state index contributed by atoms with van der Waals surface area (Å²) in [6.45, 7) is 4.34. The van der Waals surface area contributed by atoms with Gasteiger partial charge in [0.05, 0.1) is 41.9 Å². The van der Waals surface area contributed by atoms with Gasteiger partial charge in [0.25, 0.3) is 0 Å². The van der Waals surface area contributed by atoms with Gasteiger partial charge in [-0.15, -0.1) is 0 Å². The number of benzene rings is 2. The van der Waals surface area contributed by atoms with Crippen LogP contribution in [0, 0.1) is 5.92 Å². The molecule has 7 nitrogen and oxygen atoms in total. The molecule has 170 valence electrons. The first-order valence-corrected chi connectivity index (χ1v) is 11.3. The van der Waals surface area contributed by atoms with Crippen LogP contribution in [0.4, 0.5) is 5.95 Å². The van der Waals surface area contributed by atoms with E-state index in [0.29, 0.717) is 39.0 Å². The number of fused-ring (bicyclic) bond motifs is 2. The predicted octanol–water partition coefficient (Wildman–Crippen LogP) is 4.82. The molecule has 9 heteroatoms. The molecule has 2 saturated heterocycles. The lowest BCUT2D eigenvalue weighted by Gasteiger charge is -2.36. The molecule has 6 rings (SSSR count). The molecule has 1 unspecified atom stereocenters. The standard InChI is InChI=1S/C24H22Cl2N4O3/c1-4-19(31)30-11-14-8-16(30)23(14)29-24-27-10-13-7-12(5-6-15(13)28-24)20-21(25)17(32-2)9-18(33-3)22(20)26/h4-7,9-10,14,16,23H,1,8,11H2,2-3H3,(H,27,28,29)/t14?,16-,23+/m0/s1. The maximum atomic E-state index is 12.0. The number of methoxy groups -OCH3 is 2. The molecule has 3 atom stereocenters. The van der Waals surface area contributed by atoms with Crippen LogP contribution in [0.1, 0.15) is 6.42 Å². The number of aromatic nitrogens is 2. The van der Waals surface area contributed by atoms with Crippen molar-refractivity contribution in [2.75, 3.05) is 26.1 Å². The van der Waals surface area contributed by atoms with Gasteiger partial charge in [-0.05, 0) is 30.2 Å². The molecular formula is C24H22Cl2N4O3. The third-order valence-electron chi connectivity index (χ3n) is 6.49. The summed E-state index contributed by atoms with van der Waals surface area (Å²) in [6, 6.07) is 7.72. The fraction of sp³-hybridized carbons (Fsp3) is 0.292. The Morgan fingerprint density at radius 3 is 2.61 bits per heavy atom. The van der Waals surface area contributed by atoms with Gasteiger partial charge in [0.1, 0.15) is 11.5 Å². The number of carbonyl (C=O) groups excluding carboxylic acids is 1. The van der Waals surface area contributed by atoms with Gasteiger partial charge in [-0.1, -0.05) is 35.8 Å². The first-order chi connectivity index (χ1) is 15.9. The zero-order chi connectivity index (χ0) is 23.3. The third kappa shape index (κ3) is 3.56. The second kappa shape index (κ2) is 8.39. The number of hydrogen-bond acceptors (Lipinski definition) is 6. The number of nitrogens with one attached hydrogen (secondary N) is 1. The Bertz CT molecular complexity index is 1250. The average Bonchev–Trinajstić information content (AvgIpc) is 3.42. The van der Waals surface area contributed by atoms with Gasteiger partial charge < -0.3 is 19.7 Å². The molecule has 0 radical (unpaired) electrons. The summed E-state index contributed by atoms with van der Waals surface area (Å²) in [7, 11) is 3.09. The van der Waals surface area contributed by atoms with E-state index in [9.17, 15) is 4.79 Å². The fourth-order valence-corrected chi connectivity index (χ4v) is 5.47. The van der Waals surface area contributed by atoms with Crippen LogP contribution in [0.15, 0.2) is 43.1 Å². The topological polar surface area (TPSA) is 76.6 Å². The summed E-state index contributed by atoms with van der Waals surface area (Å²) in [5.41, 5.74) is 2.20. The van der Waals surface area contributed by atoms with Gasteiger partial charge in [0, 0.05) is 35.7 Å². The Labute approximate surface area is 201 Å². The number of hydrogen-bond donors (Lipinski definition) is 1. The third-order valence-corrected chi connectivity index (χ3v) is 7.24. The van der Waals surface area contributed by atoms with Crippen molar-refractivity contribution >= 4 is 46.0 Å². The van der Waals surface area contributed by atoms with E-state index in [2.05, 4.69) is 21.9 Å². The fourth-order valence-electron chi connectivity index (χ4n) is 4.75. The van der Waals surface area contributed by atoms with E-state index in [1.807, 2.05) is 23.1 Å². The van der Waals surface area contributed by atoms with E-state index in [4.69, 9.17) is 32.7 Å². The van der Waals surface area contributed by atoms with Gasteiger partial charge in [0.2, 0.25) is 11.9 Å². The molecule has 2 bridgehead atoms. The van der Waals surface area contributed by atoms with E-state index in [1.165, 1.54) is 6.08 Å². The van der Waals surface area contributed by atoms with Crippen LogP contribution in [-0.4, -0.2) is 53.6 Å². The minimum Gasteiger partial charge on any atom is -0.495 e. The lowest BCUT2D eigenvalue weighted by molar-refractivity contribution is -0.126. The summed E-state index contributed by atoms with van der Waals surface area (Å²) in [4.78, 5) is 23.1. The molecule has 3 fully saturated rings. The summed E-state index contributed by atoms with van der Waals surface area (Å²) in [6.07, 6.45) is 4.14. The predicted molar refractivity (Wildman–Crippen MR) is 129 cm³/mol. The molecule has 33 heavy (non-hydrogen) atoms. The van der Waals surface area contributed by atoms with Crippen LogP contribution in [0.5, 0.6) is 11.5 Å². The Balaban J connectivity index is 1.43. The molecule has 1 amide bonds. The summed E-state index contributed by atoms with van der Waals surface area (Å²) >= 11 is 13.1. The zero-order valence-electron chi connectivity index (χ0n) is 18.1. The molecule has 3 heterocycles. The molecule has 1 aromatic heterocycles. The molecular weight excluding hydrogens is 463 g/mol. The Morgan fingerprint density at radius 1 is 1.21 bits per heavy atom. The van der Waals surface area contributed by atoms with Gasteiger partial charge >= 0.3 is 0 Å². The van der Waals surface area contributed by atoms with Crippen molar-refractivity contribution in [3.63, 3.8) is 0 Å². The molecule has 0 spiro atoms. The Morgan fingerprint density at radius 2 is 1.94 bits per heavy atom. The minimum atomic E-state index is -0.0229. The van der Waals surface area contributed by atoms with Crippen molar-refractivity contribution in [3.8, 4) is 22.6 Å². The number of ether oxygens (including phenoxy) is 2. The van der Waals surface area contributed by atoms with Gasteiger partial charge in [-0.3, -0.25) is 4.79 Å². The second-order valence-electron chi connectivity index (χ2n) is 8.18. The number of halogens is 2. The van der Waals surface area contributed by atoms with E-state index in [1.54, 1.807) is 26.5 Å². The normalized spacial score (nSPS) is 21.0. The Hall–Kier alpha value is -3.03. The largest absolute Gasteiger partial charge is 0.495 e. The van der Waals surface area contributed by atoms with E-state index in [-0.39, 0.29) is 18.0 Å². The van der Waals surface area contributed by atoms with E-state index in [0.717, 1.165) is 29.4 Å². The first-order valence-electron chi connectivity index (χ1n) is 10.5. The summed E-state index contributed by atoms with van der Waals surface area (Å²) in [5.74, 6) is 1.88. The minimum absolute atomic E-state index is 0.0229. The molecule has 3 aliphatic rings. The van der Waals surface area contributed by atoms with Crippen LogP contribution < -0.4 is 14.8 Å². The maximum absolute atomic E-state index is 12.0. The van der Waals surface area contributed by atoms with Crippen LogP contribution in [0.3, 0.4) is 0 Å². The zero-order valence-corrected chi connectivity index (χ0v) is 19.7. The van der Waals surface area contributed by atoms with Crippen molar-refractivity contribution in [1.29, 1.82) is 0 Å². The summed E-state index contributed by atoms with van der Waals surface area (Å²) in [5, 5.41) is 5.06. The monoisotopic (exact) mass is 484 g/mol. The lowest BCUT2D eigenvalue weighted by Crippen LogP contribution is -2.49. The van der Waals surface area contributed by atoms with Gasteiger partial charge in [0.15, 0.2) is 0 Å². The van der Waals surface area contributed by atoms with Crippen molar-refractivity contribution < 1.29 is 14.3 Å². The molecule has 1 N–H and O–H groups in total. The van der Waals surface area contributed by atoms with Crippen molar-refractivity contribution in [3.05, 3.63) is 53.2 Å². The average molecular weight is 485 g/mol. The van der Waals surface area contributed by atoms with Gasteiger partial charge in [-0.2, -0.15) is 0 Å². The van der Waals surface area contributed by atoms with E-state index >= 15 is 0 Å². The number of carbonyl (C=O) groups is 1. The molecule has 3 aromatic rings. The van der Waals surface area contributed by atoms with Crippen LogP contribution >= 0.6 is 23.2 Å². The first kappa shape index (κ1) is 21.8. The Kier molecular flexibility index (Phi) is 5.54. The molecule has 2 aromatic carbocycles. The van der Waals surface area contributed by atoms with Crippen molar-refractivity contribution in [1.82, 2.24) is 14.9 Å². The second-order valence-corrected chi connectivity index (χ2v) is 8.94. The number of amides is 1. The number of rotatable bonds is 6. The van der Waals surface area contributed by atoms with Crippen LogP contribution in [-0.2, 0) is 4.79 Å².